The number of β-amino-alcohol motifs (C(OH)–C–C–N with tert-alkyl or cyclic N) is 1. The van der Waals surface area contributed by atoms with Crippen molar-refractivity contribution in [1.29, 1.82) is 0 Å². The molecule has 0 aliphatic carbocycles. The molecule has 0 aromatic carbocycles. The molecule has 2 atom stereocenters. The zero-order valence-corrected chi connectivity index (χ0v) is 16.8. The van der Waals surface area contributed by atoms with Crippen molar-refractivity contribution >= 4 is 11.9 Å². The number of hydrogen-bond acceptors (Lipinski definition) is 4. The van der Waals surface area contributed by atoms with E-state index in [2.05, 4.69) is 6.92 Å². The average Bonchev–Trinajstić information content (AvgIpc) is 2.87. The van der Waals surface area contributed by atoms with Gasteiger partial charge in [-0.25, -0.2) is 0 Å². The number of aliphatic hydroxyl groups is 1. The van der Waals surface area contributed by atoms with E-state index in [9.17, 15) is 19.8 Å². The van der Waals surface area contributed by atoms with Gasteiger partial charge in [0.2, 0.25) is 5.91 Å². The Balaban J connectivity index is 0.00000484. The summed E-state index contributed by atoms with van der Waals surface area (Å²) in [7, 11) is 0. The van der Waals surface area contributed by atoms with Gasteiger partial charge in [-0.15, -0.1) is 0 Å². The van der Waals surface area contributed by atoms with E-state index >= 15 is 0 Å². The van der Waals surface area contributed by atoms with E-state index < -0.39 is 18.1 Å². The van der Waals surface area contributed by atoms with Gasteiger partial charge in [-0.2, -0.15) is 0 Å². The third-order valence-electron chi connectivity index (χ3n) is 4.37. The minimum absolute atomic E-state index is 0. The molecule has 1 N–H and O–H groups in total. The number of carboxylic acids is 1. The normalized spacial score (nSPS) is 20.3. The minimum Gasteiger partial charge on any atom is -0.548 e. The second-order valence-electron chi connectivity index (χ2n) is 6.35. The zero-order chi connectivity index (χ0) is 16.4. The summed E-state index contributed by atoms with van der Waals surface area (Å²) in [5.74, 6) is -1.44. The molecule has 1 aliphatic rings. The Hall–Kier alpha value is -0.100. The molecule has 23 heavy (non-hydrogen) atoms. The Morgan fingerprint density at radius 2 is 1.57 bits per heavy atom. The van der Waals surface area contributed by atoms with Crippen LogP contribution in [0.4, 0.5) is 0 Å². The molecule has 128 valence electrons. The maximum Gasteiger partial charge on any atom is 1.00 e. The first-order valence-electron chi connectivity index (χ1n) is 8.74. The quantitative estimate of drug-likeness (QED) is 0.373. The standard InChI is InChI=1S/C17H31NO4.Na/c1-2-3-4-5-6-7-8-9-10-11-16(20)18-13-14(19)12-15(18)17(21)22;/h14-15,19H,2-13H2,1H3,(H,21,22);/q;+1/p-1/t14-,15+;/m1./s1. The third-order valence-corrected chi connectivity index (χ3v) is 4.37. The van der Waals surface area contributed by atoms with Crippen molar-refractivity contribution in [3.8, 4) is 0 Å². The molecular formula is C17H30NNaO4. The van der Waals surface area contributed by atoms with Gasteiger partial charge in [0.1, 0.15) is 0 Å². The Morgan fingerprint density at radius 1 is 1.04 bits per heavy atom. The summed E-state index contributed by atoms with van der Waals surface area (Å²) in [6, 6.07) is -0.957. The molecule has 5 nitrogen and oxygen atoms in total. The summed E-state index contributed by atoms with van der Waals surface area (Å²) in [5.41, 5.74) is 0. The molecule has 6 heteroatoms. The van der Waals surface area contributed by atoms with Crippen molar-refractivity contribution in [3.05, 3.63) is 0 Å². The number of aliphatic carboxylic acids is 1. The molecule has 1 rings (SSSR count). The fourth-order valence-corrected chi connectivity index (χ4v) is 3.04. The second kappa shape index (κ2) is 13.2. The van der Waals surface area contributed by atoms with E-state index in [0.29, 0.717) is 6.42 Å². The summed E-state index contributed by atoms with van der Waals surface area (Å²) < 4.78 is 0. The predicted octanol–water partition coefficient (Wildman–Crippen LogP) is -1.38. The smallest absolute Gasteiger partial charge is 0.548 e. The molecular weight excluding hydrogens is 305 g/mol. The van der Waals surface area contributed by atoms with E-state index in [1.807, 2.05) is 0 Å². The molecule has 0 saturated carbocycles. The average molecular weight is 335 g/mol. The van der Waals surface area contributed by atoms with Gasteiger partial charge in [0.15, 0.2) is 0 Å². The Morgan fingerprint density at radius 3 is 2.09 bits per heavy atom. The van der Waals surface area contributed by atoms with Crippen LogP contribution < -0.4 is 34.7 Å². The number of unbranched alkanes of at least 4 members (excludes halogenated alkanes) is 8. The van der Waals surface area contributed by atoms with Gasteiger partial charge in [-0.3, -0.25) is 4.79 Å². The Labute approximate surface area is 162 Å². The van der Waals surface area contributed by atoms with Crippen molar-refractivity contribution in [3.63, 3.8) is 0 Å². The van der Waals surface area contributed by atoms with Crippen LogP contribution in [0.1, 0.15) is 77.6 Å². The third kappa shape index (κ3) is 9.08. The molecule has 1 amide bonds. The Bertz CT molecular complexity index is 351. The summed E-state index contributed by atoms with van der Waals surface area (Å²) in [6.07, 6.45) is 10.3. The first kappa shape index (κ1) is 22.9. The van der Waals surface area contributed by atoms with Crippen LogP contribution in [0.2, 0.25) is 0 Å². The van der Waals surface area contributed by atoms with Gasteiger partial charge in [0, 0.05) is 19.4 Å². The number of carbonyl (C=O) groups is 2. The van der Waals surface area contributed by atoms with Gasteiger partial charge in [0.05, 0.1) is 18.1 Å². The molecule has 0 radical (unpaired) electrons. The second-order valence-corrected chi connectivity index (χ2v) is 6.35. The van der Waals surface area contributed by atoms with Gasteiger partial charge < -0.3 is 19.9 Å². The number of hydrogen-bond donors (Lipinski definition) is 1. The van der Waals surface area contributed by atoms with Crippen LogP contribution in [-0.4, -0.2) is 40.6 Å². The SMILES string of the molecule is CCCCCCCCCCCC(=O)N1C[C@H](O)C[C@H]1C(=O)[O-].[Na+]. The van der Waals surface area contributed by atoms with Crippen LogP contribution in [0.5, 0.6) is 0 Å². The van der Waals surface area contributed by atoms with E-state index in [0.717, 1.165) is 19.3 Å². The fraction of sp³-hybridized carbons (Fsp3) is 0.882. The van der Waals surface area contributed by atoms with Gasteiger partial charge in [-0.05, 0) is 6.42 Å². The first-order chi connectivity index (χ1) is 10.6. The van der Waals surface area contributed by atoms with Crippen LogP contribution in [0.3, 0.4) is 0 Å². The maximum absolute atomic E-state index is 12.0. The van der Waals surface area contributed by atoms with Crippen LogP contribution in [0, 0.1) is 0 Å². The number of carbonyl (C=O) groups excluding carboxylic acids is 2. The number of rotatable bonds is 11. The predicted molar refractivity (Wildman–Crippen MR) is 83.0 cm³/mol. The molecule has 1 aliphatic heterocycles. The van der Waals surface area contributed by atoms with Crippen molar-refractivity contribution in [2.45, 2.75) is 89.7 Å². The van der Waals surface area contributed by atoms with Crippen LogP contribution in [-0.2, 0) is 9.59 Å². The van der Waals surface area contributed by atoms with Crippen molar-refractivity contribution in [2.75, 3.05) is 6.54 Å². The Kier molecular flexibility index (Phi) is 13.2. The van der Waals surface area contributed by atoms with E-state index in [1.165, 1.54) is 43.4 Å². The van der Waals surface area contributed by atoms with E-state index in [1.54, 1.807) is 0 Å². The van der Waals surface area contributed by atoms with Crippen molar-refractivity contribution in [2.24, 2.45) is 0 Å². The van der Waals surface area contributed by atoms with Crippen molar-refractivity contribution < 1.29 is 49.4 Å². The van der Waals surface area contributed by atoms with Gasteiger partial charge >= 0.3 is 29.6 Å². The molecule has 0 bridgehead atoms. The first-order valence-corrected chi connectivity index (χ1v) is 8.74. The molecule has 0 spiro atoms. The van der Waals surface area contributed by atoms with Crippen LogP contribution in [0.25, 0.3) is 0 Å². The minimum atomic E-state index is -1.27. The van der Waals surface area contributed by atoms with Gasteiger partial charge in [-0.1, -0.05) is 58.3 Å². The molecule has 0 aromatic rings. The molecule has 0 unspecified atom stereocenters. The summed E-state index contributed by atoms with van der Waals surface area (Å²) in [4.78, 5) is 24.3. The number of nitrogens with zero attached hydrogens (tertiary/aromatic N) is 1. The van der Waals surface area contributed by atoms with Crippen LogP contribution >= 0.6 is 0 Å². The number of aliphatic hydroxyl groups excluding tert-OH is 1. The number of amides is 1. The van der Waals surface area contributed by atoms with Crippen LogP contribution in [0.15, 0.2) is 0 Å². The van der Waals surface area contributed by atoms with E-state index in [-0.39, 0.29) is 48.4 Å². The topological polar surface area (TPSA) is 80.7 Å². The van der Waals surface area contributed by atoms with Crippen molar-refractivity contribution in [1.82, 2.24) is 4.90 Å². The van der Waals surface area contributed by atoms with Gasteiger partial charge in [0.25, 0.3) is 0 Å². The molecule has 1 heterocycles. The largest absolute Gasteiger partial charge is 1.00 e. The number of likely N-dealkylation sites (tertiary alicyclic amines) is 1. The molecule has 1 fully saturated rings. The number of carboxylic acid groups (broad SMARTS) is 1. The monoisotopic (exact) mass is 335 g/mol. The summed E-state index contributed by atoms with van der Waals surface area (Å²) >= 11 is 0. The summed E-state index contributed by atoms with van der Waals surface area (Å²) in [6.45, 7) is 2.33. The zero-order valence-electron chi connectivity index (χ0n) is 14.8. The summed E-state index contributed by atoms with van der Waals surface area (Å²) in [5, 5.41) is 20.5. The van der Waals surface area contributed by atoms with E-state index in [4.69, 9.17) is 0 Å². The molecule has 0 aromatic heterocycles. The fourth-order valence-electron chi connectivity index (χ4n) is 3.04. The maximum atomic E-state index is 12.0. The molecule has 1 saturated heterocycles.